The van der Waals surface area contributed by atoms with Crippen LogP contribution in [-0.4, -0.2) is 69.4 Å². The molecular weight excluding hydrogens is 326 g/mol. The number of likely N-dealkylation sites (N-methyl/N-ethyl adjacent to an activating group) is 1. The molecule has 2 aliphatic heterocycles. The molecule has 2 N–H and O–H groups in total. The van der Waals surface area contributed by atoms with Crippen LogP contribution in [0.4, 0.5) is 0 Å². The Morgan fingerprint density at radius 1 is 1.25 bits per heavy atom. The van der Waals surface area contributed by atoms with Gasteiger partial charge in [0.2, 0.25) is 10.0 Å². The standard InChI is InChI=1S/C16H25N5O2S/c1-13-11-17-16(19-13)18-12-14-5-3-4-6-15(14)24(22,23)21-9-7-20(2)8-10-21/h3-6,13H,7-12H2,1-2H3,(H2,17,18,19). The summed E-state index contributed by atoms with van der Waals surface area (Å²) >= 11 is 0. The minimum Gasteiger partial charge on any atom is -0.352 e. The zero-order valence-electron chi connectivity index (χ0n) is 14.2. The van der Waals surface area contributed by atoms with E-state index < -0.39 is 10.0 Å². The molecule has 7 nitrogen and oxygen atoms in total. The number of nitrogens with zero attached hydrogens (tertiary/aromatic N) is 3. The van der Waals surface area contributed by atoms with Crippen molar-refractivity contribution in [3.63, 3.8) is 0 Å². The molecule has 1 atom stereocenters. The number of hydrogen-bond acceptors (Lipinski definition) is 6. The summed E-state index contributed by atoms with van der Waals surface area (Å²) in [6.07, 6.45) is 0. The molecule has 8 heteroatoms. The highest BCUT2D eigenvalue weighted by Gasteiger charge is 2.29. The molecule has 0 aromatic heterocycles. The molecular formula is C16H25N5O2S. The second kappa shape index (κ2) is 7.08. The summed E-state index contributed by atoms with van der Waals surface area (Å²) in [6.45, 7) is 5.82. The molecule has 0 amide bonds. The highest BCUT2D eigenvalue weighted by atomic mass is 32.2. The van der Waals surface area contributed by atoms with Gasteiger partial charge >= 0.3 is 0 Å². The summed E-state index contributed by atoms with van der Waals surface area (Å²) in [5.74, 6) is 0.731. The number of benzene rings is 1. The van der Waals surface area contributed by atoms with Crippen LogP contribution in [0, 0.1) is 0 Å². The van der Waals surface area contributed by atoms with E-state index >= 15 is 0 Å². The molecule has 0 bridgehead atoms. The Hall–Kier alpha value is -1.64. The first-order valence-corrected chi connectivity index (χ1v) is 9.72. The quantitative estimate of drug-likeness (QED) is 0.802. The molecule has 0 saturated carbocycles. The van der Waals surface area contributed by atoms with E-state index in [9.17, 15) is 8.42 Å². The van der Waals surface area contributed by atoms with Crippen molar-refractivity contribution in [1.82, 2.24) is 19.8 Å². The van der Waals surface area contributed by atoms with Crippen molar-refractivity contribution >= 4 is 16.0 Å². The second-order valence-electron chi connectivity index (χ2n) is 6.40. The Labute approximate surface area is 143 Å². The Kier molecular flexibility index (Phi) is 5.07. The lowest BCUT2D eigenvalue weighted by molar-refractivity contribution is 0.222. The lowest BCUT2D eigenvalue weighted by Gasteiger charge is -2.32. The zero-order valence-corrected chi connectivity index (χ0v) is 15.0. The first kappa shape index (κ1) is 17.2. The summed E-state index contributed by atoms with van der Waals surface area (Å²) < 4.78 is 27.6. The molecule has 3 rings (SSSR count). The van der Waals surface area contributed by atoms with Crippen molar-refractivity contribution < 1.29 is 8.42 Å². The van der Waals surface area contributed by atoms with Crippen molar-refractivity contribution in [2.45, 2.75) is 24.4 Å². The van der Waals surface area contributed by atoms with E-state index in [2.05, 4.69) is 27.4 Å². The second-order valence-corrected chi connectivity index (χ2v) is 8.31. The van der Waals surface area contributed by atoms with E-state index in [0.717, 1.165) is 31.2 Å². The van der Waals surface area contributed by atoms with Crippen LogP contribution < -0.4 is 10.6 Å². The Morgan fingerprint density at radius 3 is 2.62 bits per heavy atom. The van der Waals surface area contributed by atoms with Crippen LogP contribution >= 0.6 is 0 Å². The summed E-state index contributed by atoms with van der Waals surface area (Å²) in [4.78, 5) is 6.88. The fraction of sp³-hybridized carbons (Fsp3) is 0.562. The number of nitrogens with one attached hydrogen (secondary N) is 2. The lowest BCUT2D eigenvalue weighted by Crippen LogP contribution is -2.47. The molecule has 1 fully saturated rings. The van der Waals surface area contributed by atoms with Gasteiger partial charge in [0.05, 0.1) is 11.4 Å². The first-order valence-electron chi connectivity index (χ1n) is 8.28. The third-order valence-electron chi connectivity index (χ3n) is 4.41. The molecule has 1 saturated heterocycles. The van der Waals surface area contributed by atoms with Crippen molar-refractivity contribution in [1.29, 1.82) is 0 Å². The normalized spacial score (nSPS) is 22.9. The van der Waals surface area contributed by atoms with Crippen LogP contribution in [-0.2, 0) is 16.6 Å². The molecule has 2 heterocycles. The number of guanidine groups is 1. The van der Waals surface area contributed by atoms with Gasteiger partial charge in [-0.15, -0.1) is 0 Å². The van der Waals surface area contributed by atoms with Crippen LogP contribution in [0.15, 0.2) is 34.2 Å². The highest BCUT2D eigenvalue weighted by Crippen LogP contribution is 2.21. The van der Waals surface area contributed by atoms with Crippen molar-refractivity contribution in [3.8, 4) is 0 Å². The van der Waals surface area contributed by atoms with E-state index in [-0.39, 0.29) is 0 Å². The van der Waals surface area contributed by atoms with Crippen LogP contribution in [0.5, 0.6) is 0 Å². The maximum atomic E-state index is 13.0. The van der Waals surface area contributed by atoms with Gasteiger partial charge in [-0.1, -0.05) is 18.2 Å². The average Bonchev–Trinajstić information content (AvgIpc) is 2.99. The average molecular weight is 351 g/mol. The Morgan fingerprint density at radius 2 is 1.96 bits per heavy atom. The summed E-state index contributed by atoms with van der Waals surface area (Å²) in [6, 6.07) is 7.51. The van der Waals surface area contributed by atoms with Crippen molar-refractivity contribution in [3.05, 3.63) is 29.8 Å². The number of piperazine rings is 1. The SMILES string of the molecule is CC1CN=C(NCc2ccccc2S(=O)(=O)N2CCN(C)CC2)N1. The molecule has 2 aliphatic rings. The van der Waals surface area contributed by atoms with Gasteiger partial charge in [0.25, 0.3) is 0 Å². The van der Waals surface area contributed by atoms with Crippen LogP contribution in [0.25, 0.3) is 0 Å². The van der Waals surface area contributed by atoms with Crippen LogP contribution in [0.3, 0.4) is 0 Å². The minimum atomic E-state index is -3.47. The first-order chi connectivity index (χ1) is 11.5. The predicted molar refractivity (Wildman–Crippen MR) is 94.4 cm³/mol. The van der Waals surface area contributed by atoms with Crippen molar-refractivity contribution in [2.24, 2.45) is 4.99 Å². The molecule has 24 heavy (non-hydrogen) atoms. The number of aliphatic imine (C=N–C) groups is 1. The topological polar surface area (TPSA) is 77.0 Å². The highest BCUT2D eigenvalue weighted by molar-refractivity contribution is 7.89. The van der Waals surface area contributed by atoms with E-state index in [4.69, 9.17) is 0 Å². The molecule has 1 aromatic carbocycles. The molecule has 0 aliphatic carbocycles. The third kappa shape index (κ3) is 3.71. The molecule has 1 unspecified atom stereocenters. The van der Waals surface area contributed by atoms with Gasteiger partial charge in [-0.3, -0.25) is 4.99 Å². The van der Waals surface area contributed by atoms with E-state index in [1.54, 1.807) is 16.4 Å². The maximum Gasteiger partial charge on any atom is 0.243 e. The van der Waals surface area contributed by atoms with Crippen LogP contribution in [0.1, 0.15) is 12.5 Å². The van der Waals surface area contributed by atoms with E-state index in [1.165, 1.54) is 0 Å². The third-order valence-corrected chi connectivity index (χ3v) is 6.40. The van der Waals surface area contributed by atoms with Gasteiger partial charge in [0, 0.05) is 38.8 Å². The summed E-state index contributed by atoms with van der Waals surface area (Å²) in [5.41, 5.74) is 0.764. The molecule has 132 valence electrons. The monoisotopic (exact) mass is 351 g/mol. The largest absolute Gasteiger partial charge is 0.352 e. The van der Waals surface area contributed by atoms with Crippen LogP contribution in [0.2, 0.25) is 0 Å². The Bertz CT molecular complexity index is 711. The van der Waals surface area contributed by atoms with Gasteiger partial charge in [-0.05, 0) is 25.6 Å². The van der Waals surface area contributed by atoms with Gasteiger partial charge in [0.15, 0.2) is 5.96 Å². The fourth-order valence-electron chi connectivity index (χ4n) is 2.91. The van der Waals surface area contributed by atoms with Gasteiger partial charge in [-0.2, -0.15) is 4.31 Å². The number of rotatable bonds is 4. The summed E-state index contributed by atoms with van der Waals surface area (Å²) in [7, 11) is -1.45. The fourth-order valence-corrected chi connectivity index (χ4v) is 4.55. The summed E-state index contributed by atoms with van der Waals surface area (Å²) in [5, 5.41) is 6.42. The van der Waals surface area contributed by atoms with Gasteiger partial charge in [0.1, 0.15) is 0 Å². The van der Waals surface area contributed by atoms with E-state index in [0.29, 0.717) is 30.6 Å². The van der Waals surface area contributed by atoms with Gasteiger partial charge in [-0.25, -0.2) is 8.42 Å². The number of sulfonamides is 1. The van der Waals surface area contributed by atoms with Gasteiger partial charge < -0.3 is 15.5 Å². The molecule has 0 radical (unpaired) electrons. The zero-order chi connectivity index (χ0) is 17.2. The minimum absolute atomic E-state index is 0.316. The maximum absolute atomic E-state index is 13.0. The van der Waals surface area contributed by atoms with Crippen molar-refractivity contribution in [2.75, 3.05) is 39.8 Å². The predicted octanol–water partition coefficient (Wildman–Crippen LogP) is 0.0600. The molecule has 1 aromatic rings. The Balaban J connectivity index is 1.75. The smallest absolute Gasteiger partial charge is 0.243 e. The van der Waals surface area contributed by atoms with E-state index in [1.807, 2.05) is 19.2 Å². The molecule has 0 spiro atoms. The number of hydrogen-bond donors (Lipinski definition) is 2. The lowest BCUT2D eigenvalue weighted by atomic mass is 10.2.